The third-order valence-electron chi connectivity index (χ3n) is 1.92. The fourth-order valence-corrected chi connectivity index (χ4v) is 1.93. The van der Waals surface area contributed by atoms with Gasteiger partial charge in [-0.3, -0.25) is 0 Å². The van der Waals surface area contributed by atoms with Crippen molar-refractivity contribution in [2.75, 3.05) is 7.11 Å². The highest BCUT2D eigenvalue weighted by Crippen LogP contribution is 2.31. The summed E-state index contributed by atoms with van der Waals surface area (Å²) in [4.78, 5) is 0. The first-order valence-corrected chi connectivity index (χ1v) is 4.87. The van der Waals surface area contributed by atoms with E-state index in [1.807, 2.05) is 19.1 Å². The molecule has 0 fully saturated rings. The molecular formula is C10H13BrO2. The third-order valence-corrected chi connectivity index (χ3v) is 2.38. The lowest BCUT2D eigenvalue weighted by Crippen LogP contribution is -1.98. The molecule has 0 saturated heterocycles. The Morgan fingerprint density at radius 1 is 1.46 bits per heavy atom. The van der Waals surface area contributed by atoms with Crippen LogP contribution in [0.25, 0.3) is 0 Å². The number of hydrogen-bond donors (Lipinski definition) is 1. The number of rotatable bonds is 2. The molecule has 0 amide bonds. The second-order valence-corrected chi connectivity index (χ2v) is 3.94. The number of methoxy groups -OCH3 is 1. The number of aliphatic hydroxyl groups excluding tert-OH is 1. The average molecular weight is 245 g/mol. The molecule has 0 aliphatic heterocycles. The summed E-state index contributed by atoms with van der Waals surface area (Å²) in [6.45, 7) is 3.68. The Kier molecular flexibility index (Phi) is 3.33. The van der Waals surface area contributed by atoms with Crippen LogP contribution >= 0.6 is 15.9 Å². The summed E-state index contributed by atoms with van der Waals surface area (Å²) in [5, 5.41) is 9.48. The summed E-state index contributed by atoms with van der Waals surface area (Å²) in [6.07, 6.45) is -0.508. The largest absolute Gasteiger partial charge is 0.496 e. The van der Waals surface area contributed by atoms with Gasteiger partial charge in [-0.05, 0) is 31.5 Å². The van der Waals surface area contributed by atoms with Gasteiger partial charge in [0.2, 0.25) is 0 Å². The molecule has 1 unspecified atom stereocenters. The molecule has 1 N–H and O–H groups in total. The van der Waals surface area contributed by atoms with Crippen LogP contribution in [-0.2, 0) is 0 Å². The molecule has 0 aliphatic carbocycles. The van der Waals surface area contributed by atoms with Crippen LogP contribution < -0.4 is 4.74 Å². The van der Waals surface area contributed by atoms with Crippen molar-refractivity contribution >= 4 is 15.9 Å². The lowest BCUT2D eigenvalue weighted by molar-refractivity contribution is 0.194. The molecular weight excluding hydrogens is 232 g/mol. The van der Waals surface area contributed by atoms with Crippen molar-refractivity contribution in [1.29, 1.82) is 0 Å². The fraction of sp³-hybridized carbons (Fsp3) is 0.400. The predicted molar refractivity (Wildman–Crippen MR) is 56.1 cm³/mol. The van der Waals surface area contributed by atoms with Gasteiger partial charge in [-0.1, -0.05) is 15.9 Å². The van der Waals surface area contributed by atoms with Crippen LogP contribution in [0.2, 0.25) is 0 Å². The molecule has 0 saturated carbocycles. The number of aryl methyl sites for hydroxylation is 1. The van der Waals surface area contributed by atoms with Crippen molar-refractivity contribution in [1.82, 2.24) is 0 Å². The van der Waals surface area contributed by atoms with Crippen LogP contribution in [0.3, 0.4) is 0 Å². The van der Waals surface area contributed by atoms with E-state index in [1.165, 1.54) is 0 Å². The molecule has 13 heavy (non-hydrogen) atoms. The first-order valence-electron chi connectivity index (χ1n) is 4.08. The molecule has 72 valence electrons. The summed E-state index contributed by atoms with van der Waals surface area (Å²) < 4.78 is 6.17. The van der Waals surface area contributed by atoms with E-state index in [2.05, 4.69) is 15.9 Å². The number of aliphatic hydroxyl groups is 1. The van der Waals surface area contributed by atoms with E-state index < -0.39 is 6.10 Å². The van der Waals surface area contributed by atoms with E-state index in [0.717, 1.165) is 21.3 Å². The van der Waals surface area contributed by atoms with Crippen molar-refractivity contribution in [3.8, 4) is 5.75 Å². The van der Waals surface area contributed by atoms with Gasteiger partial charge in [0.05, 0.1) is 13.2 Å². The van der Waals surface area contributed by atoms with E-state index >= 15 is 0 Å². The van der Waals surface area contributed by atoms with Crippen molar-refractivity contribution < 1.29 is 9.84 Å². The highest BCUT2D eigenvalue weighted by Gasteiger charge is 2.11. The summed E-state index contributed by atoms with van der Waals surface area (Å²) in [5.74, 6) is 0.762. The quantitative estimate of drug-likeness (QED) is 0.868. The van der Waals surface area contributed by atoms with Crippen molar-refractivity contribution in [3.63, 3.8) is 0 Å². The summed E-state index contributed by atoms with van der Waals surface area (Å²) in [5.41, 5.74) is 1.84. The van der Waals surface area contributed by atoms with E-state index in [-0.39, 0.29) is 0 Å². The van der Waals surface area contributed by atoms with Crippen molar-refractivity contribution in [2.45, 2.75) is 20.0 Å². The van der Waals surface area contributed by atoms with Crippen LogP contribution in [0.1, 0.15) is 24.2 Å². The van der Waals surface area contributed by atoms with Gasteiger partial charge in [-0.2, -0.15) is 0 Å². The van der Waals surface area contributed by atoms with Crippen LogP contribution in [0.15, 0.2) is 16.6 Å². The lowest BCUT2D eigenvalue weighted by Gasteiger charge is -2.13. The number of benzene rings is 1. The fourth-order valence-electron chi connectivity index (χ4n) is 1.34. The average Bonchev–Trinajstić information content (AvgIpc) is 2.02. The molecule has 3 heteroatoms. The van der Waals surface area contributed by atoms with E-state index in [4.69, 9.17) is 4.74 Å². The molecule has 1 aromatic carbocycles. The van der Waals surface area contributed by atoms with Gasteiger partial charge in [0.15, 0.2) is 0 Å². The van der Waals surface area contributed by atoms with Gasteiger partial charge >= 0.3 is 0 Å². The third kappa shape index (κ3) is 2.23. The Bertz CT molecular complexity index is 308. The van der Waals surface area contributed by atoms with E-state index in [1.54, 1.807) is 14.0 Å². The van der Waals surface area contributed by atoms with E-state index in [9.17, 15) is 5.11 Å². The first kappa shape index (κ1) is 10.5. The zero-order chi connectivity index (χ0) is 10.0. The normalized spacial score (nSPS) is 12.7. The highest BCUT2D eigenvalue weighted by molar-refractivity contribution is 9.10. The monoisotopic (exact) mass is 244 g/mol. The van der Waals surface area contributed by atoms with Crippen molar-refractivity contribution in [2.24, 2.45) is 0 Å². The summed E-state index contributed by atoms with van der Waals surface area (Å²) in [6, 6.07) is 3.83. The number of ether oxygens (including phenoxy) is 1. The topological polar surface area (TPSA) is 29.5 Å². The van der Waals surface area contributed by atoms with Gasteiger partial charge in [-0.25, -0.2) is 0 Å². The minimum Gasteiger partial charge on any atom is -0.496 e. The smallest absolute Gasteiger partial charge is 0.127 e. The van der Waals surface area contributed by atoms with Crippen LogP contribution in [0.4, 0.5) is 0 Å². The maximum absolute atomic E-state index is 9.48. The van der Waals surface area contributed by atoms with Crippen LogP contribution in [0, 0.1) is 6.92 Å². The minimum absolute atomic E-state index is 0.508. The number of halogens is 1. The molecule has 0 aromatic heterocycles. The Labute approximate surface area is 86.7 Å². The molecule has 2 nitrogen and oxygen atoms in total. The van der Waals surface area contributed by atoms with Gasteiger partial charge < -0.3 is 9.84 Å². The van der Waals surface area contributed by atoms with Gasteiger partial charge in [0, 0.05) is 10.0 Å². The first-order chi connectivity index (χ1) is 6.06. The second-order valence-electron chi connectivity index (χ2n) is 3.02. The zero-order valence-corrected chi connectivity index (χ0v) is 9.55. The molecule has 1 rings (SSSR count). The van der Waals surface area contributed by atoms with Crippen molar-refractivity contribution in [3.05, 3.63) is 27.7 Å². The van der Waals surface area contributed by atoms with Gasteiger partial charge in [-0.15, -0.1) is 0 Å². The Balaban J connectivity index is 3.29. The summed E-state index contributed by atoms with van der Waals surface area (Å²) in [7, 11) is 1.61. The van der Waals surface area contributed by atoms with E-state index in [0.29, 0.717) is 0 Å². The van der Waals surface area contributed by atoms with Gasteiger partial charge in [0.1, 0.15) is 5.75 Å². The molecule has 0 aliphatic rings. The highest BCUT2D eigenvalue weighted by atomic mass is 79.9. The molecule has 1 aromatic rings. The Morgan fingerprint density at radius 2 is 2.08 bits per heavy atom. The molecule has 1 atom stereocenters. The molecule has 0 bridgehead atoms. The van der Waals surface area contributed by atoms with Crippen LogP contribution in [-0.4, -0.2) is 12.2 Å². The molecule has 0 heterocycles. The molecule has 0 spiro atoms. The number of hydrogen-bond acceptors (Lipinski definition) is 2. The maximum Gasteiger partial charge on any atom is 0.127 e. The maximum atomic E-state index is 9.48. The second kappa shape index (κ2) is 4.11. The SMILES string of the molecule is COc1c(C)cc(Br)cc1C(C)O. The van der Waals surface area contributed by atoms with Gasteiger partial charge in [0.25, 0.3) is 0 Å². The molecule has 0 radical (unpaired) electrons. The Morgan fingerprint density at radius 3 is 2.54 bits per heavy atom. The summed E-state index contributed by atoms with van der Waals surface area (Å²) >= 11 is 3.38. The van der Waals surface area contributed by atoms with Crippen LogP contribution in [0.5, 0.6) is 5.75 Å². The zero-order valence-electron chi connectivity index (χ0n) is 7.97. The predicted octanol–water partition coefficient (Wildman–Crippen LogP) is 2.82. The standard InChI is InChI=1S/C10H13BrO2/c1-6-4-8(11)5-9(7(2)12)10(6)13-3/h4-5,7,12H,1-3H3. The minimum atomic E-state index is -0.508. The Hall–Kier alpha value is -0.540. The lowest BCUT2D eigenvalue weighted by atomic mass is 10.1.